The second-order valence-corrected chi connectivity index (χ2v) is 8.19. The van der Waals surface area contributed by atoms with Crippen molar-refractivity contribution in [2.75, 3.05) is 25.6 Å². The SMILES string of the molecule is COCCNC(CC(=O)Nc1ccc(S(=O)(=O)NCc2ccccc2)cc1)C(=O)O. The van der Waals surface area contributed by atoms with Crippen molar-refractivity contribution in [3.63, 3.8) is 0 Å². The topological polar surface area (TPSA) is 134 Å². The Bertz CT molecular complexity index is 933. The fourth-order valence-corrected chi connectivity index (χ4v) is 3.57. The Morgan fingerprint density at radius 1 is 1.07 bits per heavy atom. The number of hydrogen-bond donors (Lipinski definition) is 4. The molecule has 0 aromatic heterocycles. The summed E-state index contributed by atoms with van der Waals surface area (Å²) in [5, 5.41) is 14.5. The highest BCUT2D eigenvalue weighted by Gasteiger charge is 2.21. The molecule has 1 atom stereocenters. The molecule has 0 aliphatic carbocycles. The molecule has 0 aliphatic rings. The zero-order chi connectivity index (χ0) is 22.0. The van der Waals surface area contributed by atoms with Crippen LogP contribution in [-0.4, -0.2) is 51.7 Å². The van der Waals surface area contributed by atoms with Gasteiger partial charge in [-0.15, -0.1) is 0 Å². The maximum absolute atomic E-state index is 12.4. The van der Waals surface area contributed by atoms with Crippen LogP contribution < -0.4 is 15.4 Å². The predicted octanol–water partition coefficient (Wildman–Crippen LogP) is 1.18. The second-order valence-electron chi connectivity index (χ2n) is 6.42. The number of carboxylic acids is 1. The van der Waals surface area contributed by atoms with Gasteiger partial charge in [-0.1, -0.05) is 30.3 Å². The number of nitrogens with one attached hydrogen (secondary N) is 3. The molecule has 1 amide bonds. The first-order chi connectivity index (χ1) is 14.3. The summed E-state index contributed by atoms with van der Waals surface area (Å²) in [5.41, 5.74) is 1.19. The van der Waals surface area contributed by atoms with Crippen molar-refractivity contribution in [1.29, 1.82) is 0 Å². The minimum Gasteiger partial charge on any atom is -0.480 e. The molecular formula is C20H25N3O6S. The molecule has 0 saturated carbocycles. The molecule has 0 radical (unpaired) electrons. The lowest BCUT2D eigenvalue weighted by Gasteiger charge is -2.14. The van der Waals surface area contributed by atoms with E-state index >= 15 is 0 Å². The van der Waals surface area contributed by atoms with Crippen LogP contribution in [0.1, 0.15) is 12.0 Å². The van der Waals surface area contributed by atoms with Crippen LogP contribution in [-0.2, 0) is 30.9 Å². The summed E-state index contributed by atoms with van der Waals surface area (Å²) in [6.07, 6.45) is -0.280. The van der Waals surface area contributed by atoms with E-state index in [1.165, 1.54) is 31.4 Å². The highest BCUT2D eigenvalue weighted by Crippen LogP contribution is 2.15. The average Bonchev–Trinajstić information content (AvgIpc) is 2.73. The summed E-state index contributed by atoms with van der Waals surface area (Å²) in [6.45, 7) is 0.775. The quantitative estimate of drug-likeness (QED) is 0.368. The first kappa shape index (κ1) is 23.5. The summed E-state index contributed by atoms with van der Waals surface area (Å²) in [7, 11) is -2.22. The molecule has 30 heavy (non-hydrogen) atoms. The number of amides is 1. The van der Waals surface area contributed by atoms with Gasteiger partial charge >= 0.3 is 5.97 Å². The van der Waals surface area contributed by atoms with E-state index in [0.717, 1.165) is 5.56 Å². The van der Waals surface area contributed by atoms with E-state index in [2.05, 4.69) is 15.4 Å². The van der Waals surface area contributed by atoms with Crippen LogP contribution in [0.5, 0.6) is 0 Å². The zero-order valence-corrected chi connectivity index (χ0v) is 17.3. The van der Waals surface area contributed by atoms with Gasteiger partial charge in [0.1, 0.15) is 6.04 Å². The van der Waals surface area contributed by atoms with Gasteiger partial charge in [-0.25, -0.2) is 13.1 Å². The largest absolute Gasteiger partial charge is 0.480 e. The van der Waals surface area contributed by atoms with Gasteiger partial charge in [-0.3, -0.25) is 9.59 Å². The molecule has 0 spiro atoms. The summed E-state index contributed by atoms with van der Waals surface area (Å²) in [4.78, 5) is 23.4. The van der Waals surface area contributed by atoms with Crippen LogP contribution in [0.25, 0.3) is 0 Å². The zero-order valence-electron chi connectivity index (χ0n) is 16.5. The molecule has 0 heterocycles. The minimum absolute atomic E-state index is 0.0566. The molecule has 4 N–H and O–H groups in total. The van der Waals surface area contributed by atoms with Crippen molar-refractivity contribution in [2.45, 2.75) is 23.9 Å². The summed E-state index contributed by atoms with van der Waals surface area (Å²) < 4.78 is 32.2. The van der Waals surface area contributed by atoms with E-state index in [0.29, 0.717) is 18.8 Å². The van der Waals surface area contributed by atoms with Crippen LogP contribution >= 0.6 is 0 Å². The third-order valence-corrected chi connectivity index (χ3v) is 5.56. The van der Waals surface area contributed by atoms with Crippen molar-refractivity contribution in [3.05, 3.63) is 60.2 Å². The Morgan fingerprint density at radius 3 is 2.33 bits per heavy atom. The lowest BCUT2D eigenvalue weighted by Crippen LogP contribution is -2.41. The Balaban J connectivity index is 1.92. The Hall–Kier alpha value is -2.79. The van der Waals surface area contributed by atoms with Crippen molar-refractivity contribution in [3.8, 4) is 0 Å². The summed E-state index contributed by atoms with van der Waals surface area (Å²) in [5.74, 6) is -1.66. The monoisotopic (exact) mass is 435 g/mol. The van der Waals surface area contributed by atoms with Gasteiger partial charge in [0, 0.05) is 25.9 Å². The molecule has 9 nitrogen and oxygen atoms in total. The first-order valence-corrected chi connectivity index (χ1v) is 10.7. The van der Waals surface area contributed by atoms with E-state index in [1.54, 1.807) is 0 Å². The Kier molecular flexibility index (Phi) is 8.93. The lowest BCUT2D eigenvalue weighted by atomic mass is 10.2. The lowest BCUT2D eigenvalue weighted by molar-refractivity contribution is -0.141. The van der Waals surface area contributed by atoms with E-state index in [9.17, 15) is 23.1 Å². The standard InChI is InChI=1S/C20H25N3O6S/c1-29-12-11-21-18(20(25)26)13-19(24)23-16-7-9-17(10-8-16)30(27,28)22-14-15-5-3-2-4-6-15/h2-10,18,21-22H,11-14H2,1H3,(H,23,24)(H,25,26). The van der Waals surface area contributed by atoms with Gasteiger partial charge in [0.25, 0.3) is 0 Å². The molecular weight excluding hydrogens is 410 g/mol. The number of benzene rings is 2. The number of sulfonamides is 1. The molecule has 2 aromatic carbocycles. The number of carbonyl (C=O) groups is 2. The minimum atomic E-state index is -3.71. The van der Waals surface area contributed by atoms with Gasteiger partial charge in [-0.05, 0) is 29.8 Å². The maximum Gasteiger partial charge on any atom is 0.321 e. The molecule has 0 bridgehead atoms. The van der Waals surface area contributed by atoms with Crippen LogP contribution in [0.2, 0.25) is 0 Å². The Labute approximate surface area is 175 Å². The van der Waals surface area contributed by atoms with Crippen LogP contribution in [0.15, 0.2) is 59.5 Å². The van der Waals surface area contributed by atoms with Crippen molar-refractivity contribution < 1.29 is 27.9 Å². The number of rotatable bonds is 12. The number of aliphatic carboxylic acids is 1. The van der Waals surface area contributed by atoms with E-state index in [1.807, 2.05) is 30.3 Å². The molecule has 0 saturated heterocycles. The second kappa shape index (κ2) is 11.4. The number of hydrogen-bond acceptors (Lipinski definition) is 6. The normalized spacial score (nSPS) is 12.3. The molecule has 2 aromatic rings. The van der Waals surface area contributed by atoms with Gasteiger partial charge in [-0.2, -0.15) is 0 Å². The molecule has 2 rings (SSSR count). The predicted molar refractivity (Wildman–Crippen MR) is 111 cm³/mol. The van der Waals surface area contributed by atoms with Crippen LogP contribution in [0, 0.1) is 0 Å². The molecule has 1 unspecified atom stereocenters. The fraction of sp³-hybridized carbons (Fsp3) is 0.300. The number of carbonyl (C=O) groups excluding carboxylic acids is 1. The van der Waals surface area contributed by atoms with Crippen molar-refractivity contribution in [1.82, 2.24) is 10.0 Å². The van der Waals surface area contributed by atoms with Gasteiger partial charge < -0.3 is 20.5 Å². The average molecular weight is 436 g/mol. The first-order valence-electron chi connectivity index (χ1n) is 9.20. The van der Waals surface area contributed by atoms with E-state index in [4.69, 9.17) is 4.74 Å². The van der Waals surface area contributed by atoms with Crippen molar-refractivity contribution >= 4 is 27.6 Å². The maximum atomic E-state index is 12.4. The molecule has 162 valence electrons. The van der Waals surface area contributed by atoms with Gasteiger partial charge in [0.05, 0.1) is 17.9 Å². The number of ether oxygens (including phenoxy) is 1. The third kappa shape index (κ3) is 7.56. The number of methoxy groups -OCH3 is 1. The van der Waals surface area contributed by atoms with Crippen LogP contribution in [0.3, 0.4) is 0 Å². The van der Waals surface area contributed by atoms with E-state index in [-0.39, 0.29) is 17.9 Å². The fourth-order valence-electron chi connectivity index (χ4n) is 2.55. The number of anilines is 1. The van der Waals surface area contributed by atoms with E-state index < -0.39 is 27.9 Å². The summed E-state index contributed by atoms with van der Waals surface area (Å²) in [6, 6.07) is 13.7. The van der Waals surface area contributed by atoms with Crippen molar-refractivity contribution in [2.24, 2.45) is 0 Å². The van der Waals surface area contributed by atoms with Gasteiger partial charge in [0.15, 0.2) is 0 Å². The summed E-state index contributed by atoms with van der Waals surface area (Å²) >= 11 is 0. The molecule has 0 aliphatic heterocycles. The molecule has 0 fully saturated rings. The van der Waals surface area contributed by atoms with Crippen LogP contribution in [0.4, 0.5) is 5.69 Å². The third-order valence-electron chi connectivity index (χ3n) is 4.14. The molecule has 10 heteroatoms. The Morgan fingerprint density at radius 2 is 1.73 bits per heavy atom. The number of carboxylic acid groups (broad SMARTS) is 1. The van der Waals surface area contributed by atoms with Gasteiger partial charge in [0.2, 0.25) is 15.9 Å². The smallest absolute Gasteiger partial charge is 0.321 e. The highest BCUT2D eigenvalue weighted by atomic mass is 32.2. The highest BCUT2D eigenvalue weighted by molar-refractivity contribution is 7.89.